The monoisotopic (exact) mass is 422 g/mol. The minimum Gasteiger partial charge on any atom is -0.462 e. The number of hydrogen-bond acceptors (Lipinski definition) is 4. The molecule has 4 fully saturated rings. The lowest BCUT2D eigenvalue weighted by atomic mass is 9.55. The van der Waals surface area contributed by atoms with E-state index >= 15 is 0 Å². The van der Waals surface area contributed by atoms with Crippen molar-refractivity contribution in [3.05, 3.63) is 41.5 Å². The predicted molar refractivity (Wildman–Crippen MR) is 125 cm³/mol. The van der Waals surface area contributed by atoms with E-state index in [2.05, 4.69) is 55.3 Å². The van der Waals surface area contributed by atoms with Crippen LogP contribution in [0.5, 0.6) is 0 Å². The second kappa shape index (κ2) is 7.95. The first-order valence-corrected chi connectivity index (χ1v) is 12.3. The molecule has 1 aromatic rings. The van der Waals surface area contributed by atoms with Crippen LogP contribution < -0.4 is 4.90 Å². The van der Waals surface area contributed by atoms with E-state index < -0.39 is 0 Å². The number of hydrogen-bond donors (Lipinski definition) is 0. The molecule has 0 spiro atoms. The maximum atomic E-state index is 12.9. The van der Waals surface area contributed by atoms with Gasteiger partial charge in [-0.15, -0.1) is 0 Å². The maximum absolute atomic E-state index is 12.9. The average molecular weight is 423 g/mol. The minimum absolute atomic E-state index is 0.0388. The molecule has 2 aliphatic heterocycles. The fourth-order valence-electron chi connectivity index (χ4n) is 7.07. The van der Waals surface area contributed by atoms with Crippen molar-refractivity contribution < 1.29 is 9.53 Å². The van der Waals surface area contributed by atoms with Gasteiger partial charge in [0.25, 0.3) is 0 Å². The highest BCUT2D eigenvalue weighted by molar-refractivity contribution is 5.75. The van der Waals surface area contributed by atoms with Gasteiger partial charge in [-0.05, 0) is 68.9 Å². The van der Waals surface area contributed by atoms with Gasteiger partial charge in [-0.25, -0.2) is 0 Å². The Bertz CT molecular complexity index is 872. The second-order valence-corrected chi connectivity index (χ2v) is 11.0. The number of allylic oxidation sites excluding steroid dienone is 1. The number of nitrogens with zero attached hydrogens (tertiary/aromatic N) is 2. The molecule has 2 saturated heterocycles. The molecule has 2 saturated carbocycles. The smallest absolute Gasteiger partial charge is 0.310 e. The topological polar surface area (TPSA) is 32.8 Å². The number of anilines is 1. The van der Waals surface area contributed by atoms with Crippen molar-refractivity contribution in [1.82, 2.24) is 4.90 Å². The lowest BCUT2D eigenvalue weighted by Gasteiger charge is -2.50. The third-order valence-corrected chi connectivity index (χ3v) is 8.84. The molecule has 5 rings (SSSR count). The largest absolute Gasteiger partial charge is 0.462 e. The van der Waals surface area contributed by atoms with E-state index in [1.165, 1.54) is 35.2 Å². The summed E-state index contributed by atoms with van der Waals surface area (Å²) in [5.41, 5.74) is 5.73. The van der Waals surface area contributed by atoms with Crippen molar-refractivity contribution in [1.29, 1.82) is 0 Å². The molecule has 1 aromatic carbocycles. The van der Waals surface area contributed by atoms with Gasteiger partial charge in [0.1, 0.15) is 6.10 Å². The summed E-state index contributed by atoms with van der Waals surface area (Å²) < 4.78 is 5.98. The summed E-state index contributed by atoms with van der Waals surface area (Å²) in [4.78, 5) is 17.9. The zero-order chi connectivity index (χ0) is 21.8. The number of rotatable bonds is 3. The Morgan fingerprint density at radius 3 is 2.71 bits per heavy atom. The highest BCUT2D eigenvalue weighted by Crippen LogP contribution is 2.56. The quantitative estimate of drug-likeness (QED) is 0.520. The fraction of sp³-hybridized carbons (Fsp3) is 0.667. The van der Waals surface area contributed by atoms with Crippen LogP contribution in [0.2, 0.25) is 0 Å². The van der Waals surface area contributed by atoms with E-state index in [9.17, 15) is 4.79 Å². The van der Waals surface area contributed by atoms with Crippen LogP contribution in [0.25, 0.3) is 0 Å². The summed E-state index contributed by atoms with van der Waals surface area (Å²) in [5, 5.41) is 0. The number of ether oxygens (including phenoxy) is 1. The van der Waals surface area contributed by atoms with Gasteiger partial charge in [0.05, 0.1) is 5.92 Å². The first-order valence-electron chi connectivity index (χ1n) is 12.3. The number of carbonyl (C=O) groups is 1. The predicted octanol–water partition coefficient (Wildman–Crippen LogP) is 4.74. The molecule has 0 bridgehead atoms. The Balaban J connectivity index is 1.23. The first kappa shape index (κ1) is 21.1. The van der Waals surface area contributed by atoms with E-state index in [4.69, 9.17) is 4.74 Å². The Morgan fingerprint density at radius 1 is 1.19 bits per heavy atom. The number of piperazine rings is 1. The van der Waals surface area contributed by atoms with Gasteiger partial charge < -0.3 is 9.64 Å². The number of benzene rings is 1. The van der Waals surface area contributed by atoms with Crippen LogP contribution in [0.15, 0.2) is 30.4 Å². The van der Waals surface area contributed by atoms with Crippen LogP contribution in [0.1, 0.15) is 50.2 Å². The lowest BCUT2D eigenvalue weighted by molar-refractivity contribution is -0.146. The molecule has 4 nitrogen and oxygen atoms in total. The lowest BCUT2D eigenvalue weighted by Crippen LogP contribution is -2.50. The van der Waals surface area contributed by atoms with Gasteiger partial charge in [-0.3, -0.25) is 9.69 Å². The van der Waals surface area contributed by atoms with Crippen molar-refractivity contribution in [2.75, 3.05) is 37.6 Å². The Morgan fingerprint density at radius 2 is 1.97 bits per heavy atom. The highest BCUT2D eigenvalue weighted by Gasteiger charge is 2.55. The molecule has 0 radical (unpaired) electrons. The van der Waals surface area contributed by atoms with Crippen LogP contribution in [0.3, 0.4) is 0 Å². The fourth-order valence-corrected chi connectivity index (χ4v) is 7.07. The number of esters is 1. The highest BCUT2D eigenvalue weighted by atomic mass is 16.6. The van der Waals surface area contributed by atoms with Crippen LogP contribution in [0.4, 0.5) is 5.69 Å². The molecule has 5 atom stereocenters. The van der Waals surface area contributed by atoms with Crippen LogP contribution in [0, 0.1) is 37.0 Å². The van der Waals surface area contributed by atoms with Gasteiger partial charge in [0.15, 0.2) is 0 Å². The maximum Gasteiger partial charge on any atom is 0.310 e. The molecule has 0 N–H and O–H groups in total. The molecule has 4 heteroatoms. The SMILES string of the molecule is C=C1CCC[C@]2(C)C[C@H]3OC(=O)[C@H](CN4CCN(c5ccc(C)cc5C)CC4)[C@@H]3C[C@H]12. The molecule has 2 aliphatic carbocycles. The van der Waals surface area contributed by atoms with Gasteiger partial charge in [-0.1, -0.05) is 36.8 Å². The van der Waals surface area contributed by atoms with E-state index in [1.807, 2.05) is 0 Å². The zero-order valence-electron chi connectivity index (χ0n) is 19.5. The van der Waals surface area contributed by atoms with Crippen molar-refractivity contribution in [2.24, 2.45) is 23.2 Å². The molecule has 4 aliphatic rings. The molecule has 0 amide bonds. The van der Waals surface area contributed by atoms with E-state index in [0.717, 1.165) is 52.0 Å². The number of carbonyl (C=O) groups excluding carboxylic acids is 1. The number of aryl methyl sites for hydroxylation is 2. The van der Waals surface area contributed by atoms with Gasteiger partial charge in [0.2, 0.25) is 0 Å². The van der Waals surface area contributed by atoms with E-state index in [-0.39, 0.29) is 23.4 Å². The van der Waals surface area contributed by atoms with Crippen LogP contribution in [-0.2, 0) is 9.53 Å². The molecular formula is C27H38N2O2. The molecule has 2 heterocycles. The van der Waals surface area contributed by atoms with Crippen molar-refractivity contribution in [3.8, 4) is 0 Å². The normalized spacial score (nSPS) is 36.2. The van der Waals surface area contributed by atoms with E-state index in [1.54, 1.807) is 0 Å². The average Bonchev–Trinajstić information content (AvgIpc) is 3.01. The molecule has 0 aromatic heterocycles. The Hall–Kier alpha value is -1.81. The standard InChI is InChI=1S/C27H38N2O2/c1-18-7-8-24(20(3)14-18)29-12-10-28(11-13-29)17-22-21-15-23-19(2)6-5-9-27(23,4)16-25(21)31-26(22)30/h7-8,14,21-23,25H,2,5-6,9-13,15-17H2,1,3-4H3/t21-,22+,23+,25+,27+/m0/s1. The summed E-state index contributed by atoms with van der Waals surface area (Å²) in [6.07, 6.45) is 5.91. The summed E-state index contributed by atoms with van der Waals surface area (Å²) in [6, 6.07) is 6.74. The Kier molecular flexibility index (Phi) is 5.40. The van der Waals surface area contributed by atoms with Gasteiger partial charge in [0, 0.05) is 44.3 Å². The molecule has 168 valence electrons. The third kappa shape index (κ3) is 3.82. The molecule has 31 heavy (non-hydrogen) atoms. The summed E-state index contributed by atoms with van der Waals surface area (Å²) >= 11 is 0. The van der Waals surface area contributed by atoms with Crippen LogP contribution >= 0.6 is 0 Å². The van der Waals surface area contributed by atoms with Crippen molar-refractivity contribution in [3.63, 3.8) is 0 Å². The number of fused-ring (bicyclic) bond motifs is 2. The summed E-state index contributed by atoms with van der Waals surface area (Å²) in [7, 11) is 0. The summed E-state index contributed by atoms with van der Waals surface area (Å²) in [5.74, 6) is 1.04. The van der Waals surface area contributed by atoms with Gasteiger partial charge in [-0.2, -0.15) is 0 Å². The molecular weight excluding hydrogens is 384 g/mol. The zero-order valence-corrected chi connectivity index (χ0v) is 19.5. The van der Waals surface area contributed by atoms with Crippen LogP contribution in [-0.4, -0.2) is 49.7 Å². The summed E-state index contributed by atoms with van der Waals surface area (Å²) in [6.45, 7) is 16.1. The third-order valence-electron chi connectivity index (χ3n) is 8.84. The molecule has 0 unspecified atom stereocenters. The van der Waals surface area contributed by atoms with Crippen molar-refractivity contribution in [2.45, 2.75) is 59.0 Å². The van der Waals surface area contributed by atoms with E-state index in [0.29, 0.717) is 11.8 Å². The second-order valence-electron chi connectivity index (χ2n) is 11.0. The van der Waals surface area contributed by atoms with Gasteiger partial charge >= 0.3 is 5.97 Å². The first-order chi connectivity index (χ1) is 14.8. The minimum atomic E-state index is 0.0388. The van der Waals surface area contributed by atoms with Crippen molar-refractivity contribution >= 4 is 11.7 Å². The Labute approximate surface area is 187 Å².